The van der Waals surface area contributed by atoms with Crippen molar-refractivity contribution in [1.29, 1.82) is 0 Å². The zero-order valence-electron chi connectivity index (χ0n) is 9.07. The minimum absolute atomic E-state index is 0.676. The number of hydrogen-bond donors (Lipinski definition) is 0. The Kier molecular flexibility index (Phi) is 3.12. The number of hydrogen-bond acceptors (Lipinski definition) is 2. The van der Waals surface area contributed by atoms with Gasteiger partial charge in [-0.25, -0.2) is 0 Å². The van der Waals surface area contributed by atoms with Crippen molar-refractivity contribution >= 4 is 13.6 Å². The molecule has 0 bridgehead atoms. The van der Waals surface area contributed by atoms with Crippen molar-refractivity contribution in [3.8, 4) is 5.75 Å². The third-order valence-corrected chi connectivity index (χ3v) is 3.71. The molecule has 1 heterocycles. The topological polar surface area (TPSA) is 26.3 Å². The summed E-state index contributed by atoms with van der Waals surface area (Å²) in [6.45, 7) is 5.67. The van der Waals surface area contributed by atoms with E-state index in [2.05, 4.69) is 6.58 Å². The molecule has 0 radical (unpaired) electrons. The maximum absolute atomic E-state index is 11.9. The molecule has 0 aliphatic carbocycles. The summed E-state index contributed by atoms with van der Waals surface area (Å²) in [4.78, 5) is 0. The summed E-state index contributed by atoms with van der Waals surface area (Å²) in [6, 6.07) is 7.58. The Morgan fingerprint density at radius 1 is 1.38 bits per heavy atom. The van der Waals surface area contributed by atoms with Gasteiger partial charge < -0.3 is 4.52 Å². The van der Waals surface area contributed by atoms with Gasteiger partial charge in [-0.1, -0.05) is 43.0 Å². The van der Waals surface area contributed by atoms with Gasteiger partial charge in [-0.15, -0.1) is 0 Å². The van der Waals surface area contributed by atoms with Crippen molar-refractivity contribution < 1.29 is 9.09 Å². The third kappa shape index (κ3) is 1.77. The lowest BCUT2D eigenvalue weighted by Crippen LogP contribution is -1.97. The summed E-state index contributed by atoms with van der Waals surface area (Å²) in [5.74, 6) is 0.676. The zero-order valence-corrected chi connectivity index (χ0v) is 10.1. The molecule has 0 saturated carbocycles. The molecule has 1 aromatic carbocycles. The molecule has 3 heteroatoms. The van der Waals surface area contributed by atoms with Crippen LogP contribution in [0, 0.1) is 0 Å². The van der Waals surface area contributed by atoms with Gasteiger partial charge in [0.1, 0.15) is 5.75 Å². The van der Waals surface area contributed by atoms with Gasteiger partial charge in [-0.3, -0.25) is 4.57 Å². The monoisotopic (exact) mass is 232 g/mol. The van der Waals surface area contributed by atoms with Crippen molar-refractivity contribution in [3.05, 3.63) is 60.0 Å². The Bertz CT molecular complexity index is 512. The molecule has 2 rings (SSSR count). The molecule has 2 nitrogen and oxygen atoms in total. The van der Waals surface area contributed by atoms with Gasteiger partial charge in [-0.05, 0) is 18.6 Å². The van der Waals surface area contributed by atoms with E-state index in [1.165, 1.54) is 0 Å². The first kappa shape index (κ1) is 11.0. The van der Waals surface area contributed by atoms with E-state index in [1.54, 1.807) is 6.08 Å². The molecule has 0 fully saturated rings. The first-order valence-electron chi connectivity index (χ1n) is 5.09. The molecule has 16 heavy (non-hydrogen) atoms. The van der Waals surface area contributed by atoms with Gasteiger partial charge in [0, 0.05) is 5.56 Å². The third-order valence-electron chi connectivity index (χ3n) is 2.43. The Balaban J connectivity index is 2.69. The first-order chi connectivity index (χ1) is 7.77. The van der Waals surface area contributed by atoms with Crippen LogP contribution in [-0.2, 0) is 4.57 Å². The average molecular weight is 232 g/mol. The molecule has 0 amide bonds. The number of rotatable bonds is 2. The van der Waals surface area contributed by atoms with Gasteiger partial charge in [0.2, 0.25) is 0 Å². The van der Waals surface area contributed by atoms with E-state index in [4.69, 9.17) is 4.52 Å². The molecule has 1 aliphatic heterocycles. The highest BCUT2D eigenvalue weighted by Crippen LogP contribution is 2.48. The lowest BCUT2D eigenvalue weighted by molar-refractivity contribution is 0.509. The largest absolute Gasteiger partial charge is 0.441 e. The Morgan fingerprint density at radius 3 is 2.81 bits per heavy atom. The van der Waals surface area contributed by atoms with Crippen molar-refractivity contribution in [2.45, 2.75) is 6.92 Å². The van der Waals surface area contributed by atoms with Crippen molar-refractivity contribution in [2.24, 2.45) is 0 Å². The Labute approximate surface area is 95.8 Å². The lowest BCUT2D eigenvalue weighted by atomic mass is 10.0. The van der Waals surface area contributed by atoms with Crippen LogP contribution in [0.15, 0.2) is 54.4 Å². The van der Waals surface area contributed by atoms with E-state index >= 15 is 0 Å². The molecule has 1 unspecified atom stereocenters. The van der Waals surface area contributed by atoms with Crippen LogP contribution in [0.1, 0.15) is 12.5 Å². The molecule has 82 valence electrons. The van der Waals surface area contributed by atoms with E-state index in [1.807, 2.05) is 43.3 Å². The highest BCUT2D eigenvalue weighted by Gasteiger charge is 2.21. The predicted molar refractivity (Wildman–Crippen MR) is 68.0 cm³/mol. The fraction of sp³-hybridized carbons (Fsp3) is 0.0769. The standard InChI is InChI=1S/C13H13O2P/c1-3-7-13-10(4-2)11-8-5-6-9-12(11)15-16(13)14/h3-9,16H,2H2,1H3/b7-3-. The van der Waals surface area contributed by atoms with Crippen molar-refractivity contribution in [1.82, 2.24) is 0 Å². The van der Waals surface area contributed by atoms with Crippen LogP contribution in [0.2, 0.25) is 0 Å². The van der Waals surface area contributed by atoms with Crippen LogP contribution in [-0.4, -0.2) is 0 Å². The van der Waals surface area contributed by atoms with Gasteiger partial charge >= 0.3 is 0 Å². The second-order valence-electron chi connectivity index (χ2n) is 3.42. The summed E-state index contributed by atoms with van der Waals surface area (Å²) >= 11 is 0. The molecule has 0 saturated heterocycles. The van der Waals surface area contributed by atoms with Crippen LogP contribution in [0.5, 0.6) is 5.75 Å². The zero-order chi connectivity index (χ0) is 11.5. The molecule has 0 aromatic heterocycles. The molecule has 1 aromatic rings. The lowest BCUT2D eigenvalue weighted by Gasteiger charge is -2.20. The van der Waals surface area contributed by atoms with Gasteiger partial charge in [0.05, 0.1) is 5.31 Å². The quantitative estimate of drug-likeness (QED) is 0.719. The van der Waals surface area contributed by atoms with Crippen molar-refractivity contribution in [3.63, 3.8) is 0 Å². The van der Waals surface area contributed by atoms with Crippen LogP contribution < -0.4 is 4.52 Å². The van der Waals surface area contributed by atoms with E-state index in [-0.39, 0.29) is 0 Å². The van der Waals surface area contributed by atoms with E-state index < -0.39 is 8.03 Å². The molecular weight excluding hydrogens is 219 g/mol. The average Bonchev–Trinajstić information content (AvgIpc) is 2.30. The SMILES string of the molecule is C=CC1=C(/C=C\C)[PH](=O)Oc2ccccc21. The predicted octanol–water partition coefficient (Wildman–Crippen LogP) is 4.03. The highest BCUT2D eigenvalue weighted by molar-refractivity contribution is 7.45. The van der Waals surface area contributed by atoms with Crippen LogP contribution in [0.25, 0.3) is 5.57 Å². The second kappa shape index (κ2) is 4.54. The summed E-state index contributed by atoms with van der Waals surface area (Å²) in [5, 5.41) is 0.737. The maximum Gasteiger partial charge on any atom is 0.266 e. The van der Waals surface area contributed by atoms with Gasteiger partial charge in [-0.2, -0.15) is 0 Å². The maximum atomic E-state index is 11.9. The molecule has 0 N–H and O–H groups in total. The Hall–Kier alpha value is -1.53. The first-order valence-corrected chi connectivity index (χ1v) is 6.40. The summed E-state index contributed by atoms with van der Waals surface area (Å²) in [5.41, 5.74) is 1.86. The normalized spacial score (nSPS) is 19.4. The van der Waals surface area contributed by atoms with E-state index in [0.29, 0.717) is 5.75 Å². The van der Waals surface area contributed by atoms with E-state index in [9.17, 15) is 4.57 Å². The summed E-state index contributed by atoms with van der Waals surface area (Å²) < 4.78 is 17.3. The van der Waals surface area contributed by atoms with E-state index in [0.717, 1.165) is 16.5 Å². The fourth-order valence-electron chi connectivity index (χ4n) is 1.73. The van der Waals surface area contributed by atoms with Crippen LogP contribution >= 0.6 is 8.03 Å². The van der Waals surface area contributed by atoms with Crippen molar-refractivity contribution in [2.75, 3.05) is 0 Å². The molecular formula is C13H13O2P. The summed E-state index contributed by atoms with van der Waals surface area (Å²) in [7, 11) is -2.19. The van der Waals surface area contributed by atoms with Gasteiger partial charge in [0.25, 0.3) is 8.03 Å². The number of allylic oxidation sites excluding steroid dienone is 5. The molecule has 1 aliphatic rings. The minimum atomic E-state index is -2.19. The Morgan fingerprint density at radius 2 is 2.12 bits per heavy atom. The number of benzene rings is 1. The molecule has 0 spiro atoms. The van der Waals surface area contributed by atoms with Gasteiger partial charge in [0.15, 0.2) is 0 Å². The molecule has 1 atom stereocenters. The van der Waals surface area contributed by atoms with Crippen LogP contribution in [0.4, 0.5) is 0 Å². The van der Waals surface area contributed by atoms with Crippen LogP contribution in [0.3, 0.4) is 0 Å². The fourth-order valence-corrected chi connectivity index (χ4v) is 2.98. The second-order valence-corrected chi connectivity index (χ2v) is 4.73. The number of para-hydroxylation sites is 1. The highest BCUT2D eigenvalue weighted by atomic mass is 31.1. The summed E-state index contributed by atoms with van der Waals surface area (Å²) in [6.07, 6.45) is 5.42. The minimum Gasteiger partial charge on any atom is -0.441 e. The smallest absolute Gasteiger partial charge is 0.266 e. The number of fused-ring (bicyclic) bond motifs is 1.